The zero-order valence-electron chi connectivity index (χ0n) is 15.6. The van der Waals surface area contributed by atoms with Crippen LogP contribution in [0.1, 0.15) is 23.1 Å². The van der Waals surface area contributed by atoms with E-state index in [1.165, 1.54) is 4.57 Å². The highest BCUT2D eigenvalue weighted by Gasteiger charge is 2.24. The highest BCUT2D eigenvalue weighted by Crippen LogP contribution is 2.47. The number of methoxy groups -OCH3 is 1. The average Bonchev–Trinajstić information content (AvgIpc) is 2.65. The largest absolute Gasteiger partial charge is 0.426 e. The number of benzene rings is 1. The first-order chi connectivity index (χ1) is 13.0. The third kappa shape index (κ3) is 5.05. The van der Waals surface area contributed by atoms with Gasteiger partial charge in [-0.25, -0.2) is 4.79 Å². The van der Waals surface area contributed by atoms with Crippen LogP contribution in [0.5, 0.6) is 5.75 Å². The molecule has 1 N–H and O–H groups in total. The quantitative estimate of drug-likeness (QED) is 0.725. The van der Waals surface area contributed by atoms with E-state index in [2.05, 4.69) is 4.98 Å². The normalized spacial score (nSPS) is 17.2. The SMILES string of the molecule is COC(CCn1cc(C)c(=O)[nH]c1=O)COP1OCc2cc(C)ccc2O1. The van der Waals surface area contributed by atoms with Crippen LogP contribution in [0.2, 0.25) is 0 Å². The van der Waals surface area contributed by atoms with Crippen molar-refractivity contribution in [3.8, 4) is 5.75 Å². The van der Waals surface area contributed by atoms with Gasteiger partial charge in [-0.3, -0.25) is 18.8 Å². The Bertz CT molecular complexity index is 909. The van der Waals surface area contributed by atoms with Crippen LogP contribution in [0.25, 0.3) is 0 Å². The van der Waals surface area contributed by atoms with Crippen molar-refractivity contribution in [1.82, 2.24) is 9.55 Å². The Labute approximate surface area is 158 Å². The summed E-state index contributed by atoms with van der Waals surface area (Å²) in [7, 11) is 0.103. The molecule has 2 unspecified atom stereocenters. The van der Waals surface area contributed by atoms with E-state index in [4.69, 9.17) is 18.3 Å². The predicted molar refractivity (Wildman–Crippen MR) is 101 cm³/mol. The lowest BCUT2D eigenvalue weighted by Crippen LogP contribution is -2.32. The second kappa shape index (κ2) is 8.80. The molecule has 9 heteroatoms. The molecule has 0 aliphatic carbocycles. The Morgan fingerprint density at radius 3 is 2.93 bits per heavy atom. The molecule has 0 bridgehead atoms. The zero-order valence-corrected chi connectivity index (χ0v) is 16.5. The summed E-state index contributed by atoms with van der Waals surface area (Å²) in [6, 6.07) is 5.94. The molecular formula is C18H23N2O6P. The molecule has 1 aromatic carbocycles. The first kappa shape index (κ1) is 19.8. The van der Waals surface area contributed by atoms with E-state index in [-0.39, 0.29) is 18.3 Å². The molecule has 0 spiro atoms. The Kier molecular flexibility index (Phi) is 6.44. The van der Waals surface area contributed by atoms with E-state index in [0.717, 1.165) is 16.9 Å². The summed E-state index contributed by atoms with van der Waals surface area (Å²) in [5.41, 5.74) is 1.85. The summed E-state index contributed by atoms with van der Waals surface area (Å²) in [5.74, 6) is 0.780. The van der Waals surface area contributed by atoms with E-state index < -0.39 is 14.3 Å². The first-order valence-corrected chi connectivity index (χ1v) is 9.72. The minimum atomic E-state index is -1.48. The maximum atomic E-state index is 11.8. The fourth-order valence-electron chi connectivity index (χ4n) is 2.68. The van der Waals surface area contributed by atoms with Gasteiger partial charge in [-0.05, 0) is 26.3 Å². The molecule has 146 valence electrons. The summed E-state index contributed by atoms with van der Waals surface area (Å²) >= 11 is 0. The summed E-state index contributed by atoms with van der Waals surface area (Å²) in [6.07, 6.45) is 1.85. The van der Waals surface area contributed by atoms with Crippen LogP contribution < -0.4 is 15.8 Å². The highest BCUT2D eigenvalue weighted by atomic mass is 31.2. The van der Waals surface area contributed by atoms with E-state index in [0.29, 0.717) is 25.1 Å². The second-order valence-electron chi connectivity index (χ2n) is 6.41. The van der Waals surface area contributed by atoms with Crippen LogP contribution in [0.4, 0.5) is 0 Å². The van der Waals surface area contributed by atoms with Crippen LogP contribution in [-0.4, -0.2) is 29.4 Å². The van der Waals surface area contributed by atoms with Gasteiger partial charge in [-0.15, -0.1) is 0 Å². The van der Waals surface area contributed by atoms with Crippen molar-refractivity contribution < 1.29 is 18.3 Å². The lowest BCUT2D eigenvalue weighted by atomic mass is 10.1. The monoisotopic (exact) mass is 394 g/mol. The number of nitrogens with one attached hydrogen (secondary N) is 1. The number of aromatic nitrogens is 2. The number of nitrogens with zero attached hydrogens (tertiary/aromatic N) is 1. The van der Waals surface area contributed by atoms with Crippen LogP contribution in [0.3, 0.4) is 0 Å². The summed E-state index contributed by atoms with van der Waals surface area (Å²) in [5, 5.41) is 0. The van der Waals surface area contributed by atoms with Crippen molar-refractivity contribution in [1.29, 1.82) is 0 Å². The van der Waals surface area contributed by atoms with Crippen molar-refractivity contribution in [3.63, 3.8) is 0 Å². The number of hydrogen-bond acceptors (Lipinski definition) is 6. The number of aryl methyl sites for hydroxylation is 3. The standard InChI is InChI=1S/C18H23N2O6P/c1-12-4-5-16-14(8-12)10-24-27(26-16)25-11-15(23-3)6-7-20-9-13(2)17(21)19-18(20)22/h4-5,8-9,15H,6-7,10-11H2,1-3H3,(H,19,21,22). The van der Waals surface area contributed by atoms with Crippen molar-refractivity contribution in [2.45, 2.75) is 39.5 Å². The van der Waals surface area contributed by atoms with E-state index in [9.17, 15) is 9.59 Å². The van der Waals surface area contributed by atoms with Gasteiger partial charge < -0.3 is 13.8 Å². The average molecular weight is 394 g/mol. The minimum absolute atomic E-state index is 0.238. The van der Waals surface area contributed by atoms with Gasteiger partial charge in [0.15, 0.2) is 0 Å². The molecule has 2 aromatic rings. The third-order valence-electron chi connectivity index (χ3n) is 4.29. The molecule has 8 nitrogen and oxygen atoms in total. The van der Waals surface area contributed by atoms with Crippen molar-refractivity contribution in [3.05, 3.63) is 61.9 Å². The maximum Gasteiger partial charge on any atom is 0.397 e. The Morgan fingerprint density at radius 2 is 2.15 bits per heavy atom. The van der Waals surface area contributed by atoms with Gasteiger partial charge in [0, 0.05) is 31.0 Å². The molecule has 0 saturated heterocycles. The number of rotatable bonds is 7. The Hall–Kier alpha value is -1.99. The van der Waals surface area contributed by atoms with Crippen LogP contribution >= 0.6 is 8.60 Å². The number of H-pyrrole nitrogens is 1. The molecule has 2 heterocycles. The topological polar surface area (TPSA) is 91.8 Å². The van der Waals surface area contributed by atoms with Gasteiger partial charge in [0.1, 0.15) is 5.75 Å². The molecule has 27 heavy (non-hydrogen) atoms. The van der Waals surface area contributed by atoms with Crippen molar-refractivity contribution in [2.24, 2.45) is 0 Å². The lowest BCUT2D eigenvalue weighted by molar-refractivity contribution is 0.0399. The third-order valence-corrected chi connectivity index (χ3v) is 5.34. The number of aromatic amines is 1. The van der Waals surface area contributed by atoms with Gasteiger partial charge in [-0.1, -0.05) is 17.7 Å². The van der Waals surface area contributed by atoms with E-state index >= 15 is 0 Å². The molecule has 0 fully saturated rings. The van der Waals surface area contributed by atoms with E-state index in [1.807, 2.05) is 25.1 Å². The van der Waals surface area contributed by atoms with Gasteiger partial charge in [0.25, 0.3) is 5.56 Å². The Morgan fingerprint density at radius 1 is 1.33 bits per heavy atom. The summed E-state index contributed by atoms with van der Waals surface area (Å²) in [4.78, 5) is 25.6. The lowest BCUT2D eigenvalue weighted by Gasteiger charge is -2.25. The molecule has 2 atom stereocenters. The molecule has 0 saturated carbocycles. The predicted octanol–water partition coefficient (Wildman–Crippen LogP) is 2.41. The second-order valence-corrected chi connectivity index (χ2v) is 7.55. The maximum absolute atomic E-state index is 11.8. The van der Waals surface area contributed by atoms with Crippen LogP contribution in [0.15, 0.2) is 34.0 Å². The number of ether oxygens (including phenoxy) is 1. The fourth-order valence-corrected chi connectivity index (χ4v) is 3.73. The molecule has 3 rings (SSSR count). The van der Waals surface area contributed by atoms with Crippen molar-refractivity contribution >= 4 is 8.60 Å². The molecule has 0 amide bonds. The van der Waals surface area contributed by atoms with Crippen LogP contribution in [0, 0.1) is 13.8 Å². The molecule has 1 aromatic heterocycles. The van der Waals surface area contributed by atoms with Gasteiger partial charge in [-0.2, -0.15) is 0 Å². The minimum Gasteiger partial charge on any atom is -0.426 e. The zero-order chi connectivity index (χ0) is 19.4. The first-order valence-electron chi connectivity index (χ1n) is 8.63. The summed E-state index contributed by atoms with van der Waals surface area (Å²) < 4.78 is 24.0. The van der Waals surface area contributed by atoms with E-state index in [1.54, 1.807) is 20.2 Å². The smallest absolute Gasteiger partial charge is 0.397 e. The molecule has 1 aliphatic rings. The number of hydrogen-bond donors (Lipinski definition) is 1. The number of fused-ring (bicyclic) bond motifs is 1. The highest BCUT2D eigenvalue weighted by molar-refractivity contribution is 7.42. The van der Waals surface area contributed by atoms with Crippen LogP contribution in [-0.2, 0) is 26.9 Å². The Balaban J connectivity index is 1.52. The van der Waals surface area contributed by atoms with Gasteiger partial charge in [0.2, 0.25) is 0 Å². The van der Waals surface area contributed by atoms with Gasteiger partial charge in [0.05, 0.1) is 19.3 Å². The molecule has 1 aliphatic heterocycles. The molecular weight excluding hydrogens is 371 g/mol. The fraction of sp³-hybridized carbons (Fsp3) is 0.444. The van der Waals surface area contributed by atoms with Gasteiger partial charge >= 0.3 is 14.3 Å². The molecule has 0 radical (unpaired) electrons. The summed E-state index contributed by atoms with van der Waals surface area (Å²) in [6.45, 7) is 4.81. The van der Waals surface area contributed by atoms with Crippen molar-refractivity contribution in [2.75, 3.05) is 13.7 Å².